The predicted octanol–water partition coefficient (Wildman–Crippen LogP) is 3.71. The summed E-state index contributed by atoms with van der Waals surface area (Å²) in [5.74, 6) is -3.24. The van der Waals surface area contributed by atoms with Crippen molar-refractivity contribution in [2.75, 3.05) is 7.11 Å². The fourth-order valence-corrected chi connectivity index (χ4v) is 2.97. The van der Waals surface area contributed by atoms with Crippen LogP contribution in [0.4, 0.5) is 13.2 Å². The average molecular weight is 424 g/mol. The maximum atomic E-state index is 13.6. The third-order valence-electron chi connectivity index (χ3n) is 4.53. The van der Waals surface area contributed by atoms with E-state index >= 15 is 0 Å². The topological polar surface area (TPSA) is 69.9 Å². The number of ether oxygens (including phenoxy) is 1. The summed E-state index contributed by atoms with van der Waals surface area (Å²) in [7, 11) is 1.52. The predicted molar refractivity (Wildman–Crippen MR) is 107 cm³/mol. The van der Waals surface area contributed by atoms with Crippen molar-refractivity contribution in [3.63, 3.8) is 0 Å². The molecule has 4 rings (SSSR count). The molecule has 0 aliphatic rings. The van der Waals surface area contributed by atoms with Gasteiger partial charge in [0.25, 0.3) is 0 Å². The number of aromatic nitrogens is 4. The van der Waals surface area contributed by atoms with E-state index in [0.29, 0.717) is 11.6 Å². The van der Waals surface area contributed by atoms with Crippen molar-refractivity contribution >= 4 is 0 Å². The van der Waals surface area contributed by atoms with Crippen molar-refractivity contribution in [3.05, 3.63) is 100.0 Å². The molecule has 9 heteroatoms. The molecule has 0 radical (unpaired) electrons. The van der Waals surface area contributed by atoms with Crippen molar-refractivity contribution in [3.8, 4) is 22.8 Å². The quantitative estimate of drug-likeness (QED) is 0.457. The molecule has 4 aromatic rings. The third-order valence-corrected chi connectivity index (χ3v) is 4.53. The van der Waals surface area contributed by atoms with E-state index in [4.69, 9.17) is 4.74 Å². The minimum Gasteiger partial charge on any atom is -0.494 e. The molecule has 0 bridgehead atoms. The summed E-state index contributed by atoms with van der Waals surface area (Å²) in [6, 6.07) is 10.1. The minimum atomic E-state index is -1.57. The lowest BCUT2D eigenvalue weighted by molar-refractivity contribution is 0.411. The molecule has 156 valence electrons. The van der Waals surface area contributed by atoms with Crippen LogP contribution in [0.15, 0.2) is 65.8 Å². The molecule has 0 unspecified atom stereocenters. The summed E-state index contributed by atoms with van der Waals surface area (Å²) >= 11 is 0. The van der Waals surface area contributed by atoms with E-state index in [0.717, 1.165) is 27.9 Å². The van der Waals surface area contributed by atoms with Crippen molar-refractivity contribution in [1.82, 2.24) is 19.7 Å². The van der Waals surface area contributed by atoms with Crippen LogP contribution in [0.25, 0.3) is 17.1 Å². The van der Waals surface area contributed by atoms with Gasteiger partial charge in [0.2, 0.25) is 5.43 Å². The zero-order chi connectivity index (χ0) is 22.0. The second-order valence-corrected chi connectivity index (χ2v) is 6.62. The van der Waals surface area contributed by atoms with E-state index < -0.39 is 17.5 Å². The molecule has 31 heavy (non-hydrogen) atoms. The summed E-state index contributed by atoms with van der Waals surface area (Å²) in [4.78, 5) is 20.8. The standard InChI is InChI=1S/C22H15F3N4O2/c1-31-16-11-26-22(27-12-16)14-4-2-3-13(7-14)8-19-20(30)5-6-29(28-19)15-9-17(23)21(25)18(24)10-15/h2-7,9-12H,8H2,1H3. The molecule has 0 spiro atoms. The molecule has 2 aromatic heterocycles. The van der Waals surface area contributed by atoms with Gasteiger partial charge in [0, 0.05) is 36.4 Å². The number of rotatable bonds is 5. The molecule has 0 amide bonds. The molecule has 2 heterocycles. The zero-order valence-electron chi connectivity index (χ0n) is 16.2. The van der Waals surface area contributed by atoms with E-state index in [1.54, 1.807) is 18.5 Å². The van der Waals surface area contributed by atoms with Crippen LogP contribution >= 0.6 is 0 Å². The second kappa shape index (κ2) is 8.39. The lowest BCUT2D eigenvalue weighted by Gasteiger charge is -2.09. The fraction of sp³-hybridized carbons (Fsp3) is 0.0909. The highest BCUT2D eigenvalue weighted by Crippen LogP contribution is 2.19. The highest BCUT2D eigenvalue weighted by Gasteiger charge is 2.13. The molecular formula is C22H15F3N4O2. The van der Waals surface area contributed by atoms with Gasteiger partial charge in [0.15, 0.2) is 29.0 Å². The van der Waals surface area contributed by atoms with Gasteiger partial charge in [-0.2, -0.15) is 5.10 Å². The van der Waals surface area contributed by atoms with Crippen LogP contribution in [0, 0.1) is 17.5 Å². The van der Waals surface area contributed by atoms with Gasteiger partial charge in [-0.15, -0.1) is 0 Å². The van der Waals surface area contributed by atoms with Crippen LogP contribution in [0.5, 0.6) is 5.75 Å². The molecule has 0 N–H and O–H groups in total. The lowest BCUT2D eigenvalue weighted by Crippen LogP contribution is -2.16. The number of halogens is 3. The maximum absolute atomic E-state index is 13.6. The smallest absolute Gasteiger partial charge is 0.203 e. The van der Waals surface area contributed by atoms with Crippen LogP contribution in [0.2, 0.25) is 0 Å². The Bertz CT molecular complexity index is 1280. The van der Waals surface area contributed by atoms with E-state index in [1.807, 2.05) is 18.2 Å². The summed E-state index contributed by atoms with van der Waals surface area (Å²) in [5, 5.41) is 4.18. The fourth-order valence-electron chi connectivity index (χ4n) is 2.97. The molecule has 2 aromatic carbocycles. The van der Waals surface area contributed by atoms with Crippen LogP contribution in [0.1, 0.15) is 11.3 Å². The molecule has 0 atom stereocenters. The van der Waals surface area contributed by atoms with Gasteiger partial charge in [-0.1, -0.05) is 18.2 Å². The Morgan fingerprint density at radius 2 is 1.71 bits per heavy atom. The van der Waals surface area contributed by atoms with Crippen LogP contribution in [-0.2, 0) is 6.42 Å². The van der Waals surface area contributed by atoms with Crippen molar-refractivity contribution in [2.45, 2.75) is 6.42 Å². The Hall–Kier alpha value is -4.01. The maximum Gasteiger partial charge on any atom is 0.203 e. The van der Waals surface area contributed by atoms with Crippen molar-refractivity contribution in [1.29, 1.82) is 0 Å². The molecule has 0 fully saturated rings. The summed E-state index contributed by atoms with van der Waals surface area (Å²) in [6.07, 6.45) is 4.52. The normalized spacial score (nSPS) is 10.8. The van der Waals surface area contributed by atoms with E-state index in [-0.39, 0.29) is 23.2 Å². The first kappa shape index (κ1) is 20.3. The molecule has 0 aliphatic heterocycles. The number of benzene rings is 2. The summed E-state index contributed by atoms with van der Waals surface area (Å²) < 4.78 is 46.5. The Kier molecular flexibility index (Phi) is 5.48. The average Bonchev–Trinajstić information content (AvgIpc) is 2.79. The highest BCUT2D eigenvalue weighted by molar-refractivity contribution is 5.56. The van der Waals surface area contributed by atoms with Crippen LogP contribution < -0.4 is 10.2 Å². The summed E-state index contributed by atoms with van der Waals surface area (Å²) in [6.45, 7) is 0. The molecular weight excluding hydrogens is 409 g/mol. The van der Waals surface area contributed by atoms with Gasteiger partial charge in [-0.05, 0) is 11.6 Å². The van der Waals surface area contributed by atoms with Gasteiger partial charge in [-0.3, -0.25) is 4.79 Å². The summed E-state index contributed by atoms with van der Waals surface area (Å²) in [5.41, 5.74) is 1.26. The lowest BCUT2D eigenvalue weighted by atomic mass is 10.1. The Labute approximate surface area is 174 Å². The Balaban J connectivity index is 1.65. The van der Waals surface area contributed by atoms with E-state index in [2.05, 4.69) is 15.1 Å². The van der Waals surface area contributed by atoms with Gasteiger partial charge in [0.1, 0.15) is 5.69 Å². The van der Waals surface area contributed by atoms with Gasteiger partial charge in [0.05, 0.1) is 25.2 Å². The third kappa shape index (κ3) is 4.30. The van der Waals surface area contributed by atoms with Gasteiger partial charge >= 0.3 is 0 Å². The van der Waals surface area contributed by atoms with Gasteiger partial charge in [-0.25, -0.2) is 27.8 Å². The first-order valence-electron chi connectivity index (χ1n) is 9.14. The number of hydrogen-bond donors (Lipinski definition) is 0. The minimum absolute atomic E-state index is 0.0435. The SMILES string of the molecule is COc1cnc(-c2cccc(Cc3nn(-c4cc(F)c(F)c(F)c4)ccc3=O)c2)nc1. The molecule has 0 saturated carbocycles. The highest BCUT2D eigenvalue weighted by atomic mass is 19.2. The zero-order valence-corrected chi connectivity index (χ0v) is 16.2. The first-order chi connectivity index (χ1) is 14.9. The van der Waals surface area contributed by atoms with E-state index in [9.17, 15) is 18.0 Å². The van der Waals surface area contributed by atoms with E-state index in [1.165, 1.54) is 19.4 Å². The largest absolute Gasteiger partial charge is 0.494 e. The van der Waals surface area contributed by atoms with Gasteiger partial charge < -0.3 is 4.74 Å². The van der Waals surface area contributed by atoms with Crippen LogP contribution in [-0.4, -0.2) is 26.9 Å². The first-order valence-corrected chi connectivity index (χ1v) is 9.14. The molecule has 0 aliphatic carbocycles. The number of methoxy groups -OCH3 is 1. The number of nitrogens with zero attached hydrogens (tertiary/aromatic N) is 4. The molecule has 0 saturated heterocycles. The Morgan fingerprint density at radius 3 is 2.39 bits per heavy atom. The van der Waals surface area contributed by atoms with Crippen molar-refractivity contribution in [2.24, 2.45) is 0 Å². The number of hydrogen-bond acceptors (Lipinski definition) is 5. The monoisotopic (exact) mass is 424 g/mol. The Morgan fingerprint density at radius 1 is 1.00 bits per heavy atom. The van der Waals surface area contributed by atoms with Crippen molar-refractivity contribution < 1.29 is 17.9 Å². The molecule has 6 nitrogen and oxygen atoms in total. The van der Waals surface area contributed by atoms with Crippen LogP contribution in [0.3, 0.4) is 0 Å². The second-order valence-electron chi connectivity index (χ2n) is 6.62.